The van der Waals surface area contributed by atoms with Crippen LogP contribution in [0.5, 0.6) is 5.75 Å². The number of benzene rings is 3. The number of piperazine rings is 1. The van der Waals surface area contributed by atoms with Crippen molar-refractivity contribution in [2.75, 3.05) is 26.7 Å². The third-order valence-electron chi connectivity index (χ3n) is 6.98. The summed E-state index contributed by atoms with van der Waals surface area (Å²) in [4.78, 5) is 17.5. The Morgan fingerprint density at radius 2 is 1.74 bits per heavy atom. The van der Waals surface area contributed by atoms with Crippen LogP contribution < -0.4 is 10.1 Å². The molecule has 1 aliphatic rings. The summed E-state index contributed by atoms with van der Waals surface area (Å²) in [5.41, 5.74) is 1.34. The highest BCUT2D eigenvalue weighted by atomic mass is 35.5. The molecule has 1 heterocycles. The van der Waals surface area contributed by atoms with Gasteiger partial charge in [-0.2, -0.15) is 0 Å². The Balaban J connectivity index is 1.46. The van der Waals surface area contributed by atoms with Gasteiger partial charge in [-0.25, -0.2) is 12.8 Å². The summed E-state index contributed by atoms with van der Waals surface area (Å²) in [5, 5.41) is 2.09. The first-order valence-electron chi connectivity index (χ1n) is 12.8. The average Bonchev–Trinajstić information content (AvgIpc) is 2.92. The standard InChI is InChI=1S/C29H33ClFN3O4S/c1-20-17-34(21(2)16-33(20)18-22-9-12-24(31)13-10-22)28(35)19-38-27-14-11-23(30)15-26(27)29(32-3)39(36,37)25-7-5-4-6-8-25/h4-15,20-21,29,32H,16-19H2,1-3H3/t20-,21+,29?/m1/s1. The van der Waals surface area contributed by atoms with Gasteiger partial charge in [-0.3, -0.25) is 9.69 Å². The minimum atomic E-state index is -3.82. The van der Waals surface area contributed by atoms with Crippen LogP contribution in [0.15, 0.2) is 77.7 Å². The number of sulfone groups is 1. The normalized spacial score (nSPS) is 19.1. The number of hydrogen-bond donors (Lipinski definition) is 1. The number of ether oxygens (including phenoxy) is 1. The number of rotatable bonds is 9. The molecule has 0 aliphatic carbocycles. The van der Waals surface area contributed by atoms with Crippen molar-refractivity contribution < 1.29 is 22.3 Å². The summed E-state index contributed by atoms with van der Waals surface area (Å²) in [6, 6.07) is 19.4. The van der Waals surface area contributed by atoms with Crippen molar-refractivity contribution in [2.45, 2.75) is 42.7 Å². The molecule has 1 amide bonds. The van der Waals surface area contributed by atoms with Gasteiger partial charge in [-0.1, -0.05) is 41.9 Å². The second-order valence-electron chi connectivity index (χ2n) is 9.80. The van der Waals surface area contributed by atoms with Gasteiger partial charge in [0.1, 0.15) is 16.9 Å². The second-order valence-corrected chi connectivity index (χ2v) is 12.3. The van der Waals surface area contributed by atoms with Gasteiger partial charge in [0, 0.05) is 42.3 Å². The zero-order chi connectivity index (χ0) is 28.2. The van der Waals surface area contributed by atoms with E-state index < -0.39 is 15.2 Å². The summed E-state index contributed by atoms with van der Waals surface area (Å²) < 4.78 is 46.0. The molecule has 3 aromatic rings. The van der Waals surface area contributed by atoms with E-state index in [1.807, 2.05) is 6.92 Å². The minimum Gasteiger partial charge on any atom is -0.483 e. The summed E-state index contributed by atoms with van der Waals surface area (Å²) in [7, 11) is -2.27. The van der Waals surface area contributed by atoms with E-state index in [1.165, 1.54) is 24.3 Å². The molecule has 1 unspecified atom stereocenters. The molecule has 1 aliphatic heterocycles. The number of amides is 1. The summed E-state index contributed by atoms with van der Waals surface area (Å²) >= 11 is 6.24. The van der Waals surface area contributed by atoms with Gasteiger partial charge < -0.3 is 15.0 Å². The van der Waals surface area contributed by atoms with E-state index in [-0.39, 0.29) is 41.1 Å². The Labute approximate surface area is 234 Å². The third-order valence-corrected chi connectivity index (χ3v) is 9.26. The number of nitrogens with one attached hydrogen (secondary N) is 1. The van der Waals surface area contributed by atoms with E-state index in [0.717, 1.165) is 5.56 Å². The van der Waals surface area contributed by atoms with Crippen LogP contribution in [0.2, 0.25) is 5.02 Å². The van der Waals surface area contributed by atoms with E-state index in [9.17, 15) is 17.6 Å². The maximum absolute atomic E-state index is 13.4. The first kappa shape index (κ1) is 29.0. The lowest BCUT2D eigenvalue weighted by Gasteiger charge is -2.44. The Morgan fingerprint density at radius 1 is 1.05 bits per heavy atom. The van der Waals surface area contributed by atoms with Gasteiger partial charge in [-0.05, 0) is 68.9 Å². The molecule has 39 heavy (non-hydrogen) atoms. The molecule has 7 nitrogen and oxygen atoms in total. The fourth-order valence-electron chi connectivity index (χ4n) is 4.89. The molecule has 10 heteroatoms. The highest BCUT2D eigenvalue weighted by molar-refractivity contribution is 7.91. The van der Waals surface area contributed by atoms with Crippen molar-refractivity contribution in [1.82, 2.24) is 15.1 Å². The second kappa shape index (κ2) is 12.5. The van der Waals surface area contributed by atoms with Crippen molar-refractivity contribution in [3.63, 3.8) is 0 Å². The zero-order valence-corrected chi connectivity index (χ0v) is 23.8. The van der Waals surface area contributed by atoms with Crippen molar-refractivity contribution in [1.29, 1.82) is 0 Å². The van der Waals surface area contributed by atoms with Crippen LogP contribution >= 0.6 is 11.6 Å². The third kappa shape index (κ3) is 6.78. The monoisotopic (exact) mass is 573 g/mol. The van der Waals surface area contributed by atoms with Crippen molar-refractivity contribution in [3.8, 4) is 5.75 Å². The molecule has 1 N–H and O–H groups in total. The minimum absolute atomic E-state index is 0.0639. The molecule has 208 valence electrons. The maximum atomic E-state index is 13.4. The SMILES string of the molecule is CNC(c1cc(Cl)ccc1OCC(=O)N1C[C@@H](C)N(Cc2ccc(F)cc2)C[C@@H]1C)S(=O)(=O)c1ccccc1. The Kier molecular flexibility index (Phi) is 9.27. The highest BCUT2D eigenvalue weighted by Gasteiger charge is 2.33. The predicted molar refractivity (Wildman–Crippen MR) is 150 cm³/mol. The Morgan fingerprint density at radius 3 is 2.41 bits per heavy atom. The Bertz CT molecular complexity index is 1390. The number of halogens is 2. The summed E-state index contributed by atoms with van der Waals surface area (Å²) in [6.45, 7) is 5.64. The molecule has 0 spiro atoms. The maximum Gasteiger partial charge on any atom is 0.260 e. The van der Waals surface area contributed by atoms with Crippen molar-refractivity contribution >= 4 is 27.3 Å². The Hall–Kier alpha value is -2.98. The number of hydrogen-bond acceptors (Lipinski definition) is 6. The van der Waals surface area contributed by atoms with Crippen LogP contribution in [-0.2, 0) is 21.2 Å². The quantitative estimate of drug-likeness (QED) is 0.401. The topological polar surface area (TPSA) is 79.0 Å². The molecular formula is C29H33ClFN3O4S. The first-order chi connectivity index (χ1) is 18.6. The van der Waals surface area contributed by atoms with E-state index in [2.05, 4.69) is 17.1 Å². The molecule has 0 aromatic heterocycles. The van der Waals surface area contributed by atoms with Gasteiger partial charge in [0.15, 0.2) is 16.4 Å². The largest absolute Gasteiger partial charge is 0.483 e. The molecule has 1 saturated heterocycles. The molecule has 0 radical (unpaired) electrons. The van der Waals surface area contributed by atoms with Crippen LogP contribution in [-0.4, -0.2) is 63.0 Å². The number of carbonyl (C=O) groups excluding carboxylic acids is 1. The molecule has 3 aromatic carbocycles. The van der Waals surface area contributed by atoms with Gasteiger partial charge in [0.05, 0.1) is 4.90 Å². The smallest absolute Gasteiger partial charge is 0.260 e. The summed E-state index contributed by atoms with van der Waals surface area (Å²) in [6.07, 6.45) is 0. The van der Waals surface area contributed by atoms with E-state index >= 15 is 0 Å². The summed E-state index contributed by atoms with van der Waals surface area (Å²) in [5.74, 6) is -0.191. The van der Waals surface area contributed by atoms with Gasteiger partial charge in [0.25, 0.3) is 5.91 Å². The zero-order valence-electron chi connectivity index (χ0n) is 22.2. The van der Waals surface area contributed by atoms with Crippen molar-refractivity contribution in [2.24, 2.45) is 0 Å². The van der Waals surface area contributed by atoms with Crippen molar-refractivity contribution in [3.05, 3.63) is 94.8 Å². The van der Waals surface area contributed by atoms with Gasteiger partial charge >= 0.3 is 0 Å². The van der Waals surface area contributed by atoms with E-state index in [4.69, 9.17) is 16.3 Å². The number of carbonyl (C=O) groups is 1. The van der Waals surface area contributed by atoms with Crippen LogP contribution in [0.3, 0.4) is 0 Å². The van der Waals surface area contributed by atoms with Crippen LogP contribution in [0.25, 0.3) is 0 Å². The van der Waals surface area contributed by atoms with Gasteiger partial charge in [-0.15, -0.1) is 0 Å². The van der Waals surface area contributed by atoms with Crippen LogP contribution in [0.1, 0.15) is 30.3 Å². The predicted octanol–water partition coefficient (Wildman–Crippen LogP) is 4.67. The van der Waals surface area contributed by atoms with Crippen LogP contribution in [0, 0.1) is 5.82 Å². The average molecular weight is 574 g/mol. The van der Waals surface area contributed by atoms with Gasteiger partial charge in [0.2, 0.25) is 0 Å². The first-order valence-corrected chi connectivity index (χ1v) is 14.7. The lowest BCUT2D eigenvalue weighted by molar-refractivity contribution is -0.139. The molecule has 1 fully saturated rings. The van der Waals surface area contributed by atoms with E-state index in [0.29, 0.717) is 30.2 Å². The molecular weight excluding hydrogens is 541 g/mol. The molecule has 3 atom stereocenters. The molecule has 0 saturated carbocycles. The molecule has 4 rings (SSSR count). The highest BCUT2D eigenvalue weighted by Crippen LogP contribution is 2.34. The molecule has 0 bridgehead atoms. The fourth-order valence-corrected chi connectivity index (χ4v) is 6.71. The lowest BCUT2D eigenvalue weighted by Crippen LogP contribution is -2.58. The lowest BCUT2D eigenvalue weighted by atomic mass is 10.1. The van der Waals surface area contributed by atoms with Crippen LogP contribution in [0.4, 0.5) is 4.39 Å². The van der Waals surface area contributed by atoms with E-state index in [1.54, 1.807) is 60.5 Å². The number of nitrogens with zero attached hydrogens (tertiary/aromatic N) is 2. The fraction of sp³-hybridized carbons (Fsp3) is 0.345.